The smallest absolute Gasteiger partial charge is 0.406 e. The standard InChI is InChI=1S/C22H20F3N3O5/c23-22(24,25)33-15-3-1-14(2-4-15)20(30)27-16(11-13-5-8-26-9-6-13)21(31)28-10-7-18-19(28)17(29)12-32-18/h1-6,8-9,16,18-19H,7,10-12H2,(H,27,30). The molecule has 3 heterocycles. The first-order valence-electron chi connectivity index (χ1n) is 10.2. The van der Waals surface area contributed by atoms with Gasteiger partial charge < -0.3 is 19.7 Å². The summed E-state index contributed by atoms with van der Waals surface area (Å²) in [7, 11) is 0. The highest BCUT2D eigenvalue weighted by molar-refractivity contribution is 5.99. The lowest BCUT2D eigenvalue weighted by Crippen LogP contribution is -2.53. The fourth-order valence-corrected chi connectivity index (χ4v) is 4.05. The van der Waals surface area contributed by atoms with Gasteiger partial charge in [0.2, 0.25) is 5.91 Å². The van der Waals surface area contributed by atoms with E-state index in [0.717, 1.165) is 17.7 Å². The van der Waals surface area contributed by atoms with E-state index < -0.39 is 36.0 Å². The molecule has 0 bridgehead atoms. The predicted octanol–water partition coefficient (Wildman–Crippen LogP) is 1.89. The number of carbonyl (C=O) groups excluding carboxylic acids is 3. The van der Waals surface area contributed by atoms with Crippen molar-refractivity contribution in [1.82, 2.24) is 15.2 Å². The van der Waals surface area contributed by atoms with Crippen LogP contribution in [0.25, 0.3) is 0 Å². The number of likely N-dealkylation sites (tertiary alicyclic amines) is 1. The van der Waals surface area contributed by atoms with Gasteiger partial charge in [-0.05, 0) is 48.4 Å². The summed E-state index contributed by atoms with van der Waals surface area (Å²) in [6.45, 7) is 0.277. The Morgan fingerprint density at radius 3 is 2.55 bits per heavy atom. The first-order chi connectivity index (χ1) is 15.7. The van der Waals surface area contributed by atoms with Crippen molar-refractivity contribution in [3.05, 3.63) is 59.9 Å². The zero-order valence-corrected chi connectivity index (χ0v) is 17.2. The van der Waals surface area contributed by atoms with E-state index in [2.05, 4.69) is 15.0 Å². The summed E-state index contributed by atoms with van der Waals surface area (Å²) in [4.78, 5) is 43.8. The Morgan fingerprint density at radius 2 is 1.88 bits per heavy atom. The SMILES string of the molecule is O=C(NC(Cc1ccncc1)C(=O)N1CCC2OCC(=O)C21)c1ccc(OC(F)(F)F)cc1. The van der Waals surface area contributed by atoms with E-state index >= 15 is 0 Å². The van der Waals surface area contributed by atoms with Crippen molar-refractivity contribution in [3.63, 3.8) is 0 Å². The van der Waals surface area contributed by atoms with Crippen LogP contribution in [0.5, 0.6) is 5.75 Å². The van der Waals surface area contributed by atoms with Crippen molar-refractivity contribution >= 4 is 17.6 Å². The average molecular weight is 463 g/mol. The van der Waals surface area contributed by atoms with Gasteiger partial charge in [0.15, 0.2) is 5.78 Å². The molecular weight excluding hydrogens is 443 g/mol. The van der Waals surface area contributed by atoms with Crippen molar-refractivity contribution in [2.45, 2.75) is 37.4 Å². The molecule has 4 rings (SSSR count). The monoisotopic (exact) mass is 463 g/mol. The maximum Gasteiger partial charge on any atom is 0.573 e. The van der Waals surface area contributed by atoms with Gasteiger partial charge in [0, 0.05) is 30.9 Å². The zero-order valence-electron chi connectivity index (χ0n) is 17.2. The van der Waals surface area contributed by atoms with Crippen LogP contribution < -0.4 is 10.1 Å². The number of aromatic nitrogens is 1. The van der Waals surface area contributed by atoms with E-state index in [1.807, 2.05) is 0 Å². The fourth-order valence-electron chi connectivity index (χ4n) is 4.05. The van der Waals surface area contributed by atoms with Crippen molar-refractivity contribution < 1.29 is 37.0 Å². The van der Waals surface area contributed by atoms with E-state index in [4.69, 9.17) is 4.74 Å². The highest BCUT2D eigenvalue weighted by Crippen LogP contribution is 2.28. The van der Waals surface area contributed by atoms with Crippen LogP contribution in [0.15, 0.2) is 48.8 Å². The van der Waals surface area contributed by atoms with Crippen molar-refractivity contribution in [3.8, 4) is 5.75 Å². The number of Topliss-reactive ketones (excluding diaryl/α,β-unsaturated/α-hetero) is 1. The number of nitrogens with zero attached hydrogens (tertiary/aromatic N) is 2. The fraction of sp³-hybridized carbons (Fsp3) is 0.364. The molecule has 0 radical (unpaired) electrons. The summed E-state index contributed by atoms with van der Waals surface area (Å²) in [5.74, 6) is -1.72. The third-order valence-electron chi connectivity index (χ3n) is 5.54. The van der Waals surface area contributed by atoms with Crippen LogP contribution >= 0.6 is 0 Å². The quantitative estimate of drug-likeness (QED) is 0.703. The Labute approximate surface area is 186 Å². The number of nitrogens with one attached hydrogen (secondary N) is 1. The summed E-state index contributed by atoms with van der Waals surface area (Å²) in [6, 6.07) is 6.10. The second-order valence-corrected chi connectivity index (χ2v) is 7.74. The summed E-state index contributed by atoms with van der Waals surface area (Å²) >= 11 is 0. The first-order valence-corrected chi connectivity index (χ1v) is 10.2. The first kappa shape index (κ1) is 22.7. The van der Waals surface area contributed by atoms with Crippen LogP contribution in [-0.4, -0.2) is 65.2 Å². The topological polar surface area (TPSA) is 97.8 Å². The minimum atomic E-state index is -4.85. The maximum atomic E-state index is 13.4. The third-order valence-corrected chi connectivity index (χ3v) is 5.54. The predicted molar refractivity (Wildman–Crippen MR) is 107 cm³/mol. The molecule has 8 nitrogen and oxygen atoms in total. The molecule has 1 aromatic heterocycles. The van der Waals surface area contributed by atoms with Crippen molar-refractivity contribution in [2.75, 3.05) is 13.2 Å². The number of hydrogen-bond donors (Lipinski definition) is 1. The molecule has 0 spiro atoms. The van der Waals surface area contributed by atoms with Crippen LogP contribution in [-0.2, 0) is 20.7 Å². The highest BCUT2D eigenvalue weighted by Gasteiger charge is 2.48. The summed E-state index contributed by atoms with van der Waals surface area (Å²) < 4.78 is 46.3. The normalized spacial score (nSPS) is 20.9. The van der Waals surface area contributed by atoms with Crippen LogP contribution in [0.3, 0.4) is 0 Å². The van der Waals surface area contributed by atoms with Gasteiger partial charge in [-0.15, -0.1) is 13.2 Å². The van der Waals surface area contributed by atoms with Gasteiger partial charge in [0.1, 0.15) is 24.4 Å². The van der Waals surface area contributed by atoms with Gasteiger partial charge in [0.05, 0.1) is 6.10 Å². The van der Waals surface area contributed by atoms with Crippen LogP contribution in [0, 0.1) is 0 Å². The molecule has 1 aromatic carbocycles. The van der Waals surface area contributed by atoms with E-state index in [0.29, 0.717) is 13.0 Å². The molecular formula is C22H20F3N3O5. The molecule has 1 N–H and O–H groups in total. The lowest BCUT2D eigenvalue weighted by molar-refractivity contribution is -0.274. The minimum Gasteiger partial charge on any atom is -0.406 e. The Kier molecular flexibility index (Phi) is 6.32. The lowest BCUT2D eigenvalue weighted by atomic mass is 10.0. The number of amides is 2. The van der Waals surface area contributed by atoms with Crippen LogP contribution in [0.1, 0.15) is 22.3 Å². The number of pyridine rings is 1. The number of benzene rings is 1. The lowest BCUT2D eigenvalue weighted by Gasteiger charge is -2.27. The Hall–Kier alpha value is -3.47. The second kappa shape index (κ2) is 9.18. The molecule has 2 aliphatic rings. The number of rotatable bonds is 6. The Morgan fingerprint density at radius 1 is 1.18 bits per heavy atom. The van der Waals surface area contributed by atoms with Gasteiger partial charge in [-0.3, -0.25) is 19.4 Å². The van der Waals surface area contributed by atoms with Crippen molar-refractivity contribution in [1.29, 1.82) is 0 Å². The number of halogens is 3. The van der Waals surface area contributed by atoms with E-state index in [9.17, 15) is 27.6 Å². The summed E-state index contributed by atoms with van der Waals surface area (Å²) in [5.41, 5.74) is 0.791. The number of carbonyl (C=O) groups is 3. The molecule has 2 saturated heterocycles. The van der Waals surface area contributed by atoms with Gasteiger partial charge in [0.25, 0.3) is 5.91 Å². The molecule has 11 heteroatoms. The maximum absolute atomic E-state index is 13.4. The van der Waals surface area contributed by atoms with E-state index in [1.54, 1.807) is 24.5 Å². The molecule has 2 aromatic rings. The number of hydrogen-bond acceptors (Lipinski definition) is 6. The number of ketones is 1. The van der Waals surface area contributed by atoms with Crippen LogP contribution in [0.4, 0.5) is 13.2 Å². The minimum absolute atomic E-state index is 0.0488. The molecule has 3 unspecified atom stereocenters. The van der Waals surface area contributed by atoms with E-state index in [1.165, 1.54) is 17.0 Å². The molecule has 33 heavy (non-hydrogen) atoms. The van der Waals surface area contributed by atoms with E-state index in [-0.39, 0.29) is 30.5 Å². The van der Waals surface area contributed by atoms with Gasteiger partial charge in [-0.2, -0.15) is 0 Å². The molecule has 0 aliphatic carbocycles. The number of ether oxygens (including phenoxy) is 2. The van der Waals surface area contributed by atoms with Gasteiger partial charge >= 0.3 is 6.36 Å². The molecule has 174 valence electrons. The largest absolute Gasteiger partial charge is 0.573 e. The molecule has 2 amide bonds. The summed E-state index contributed by atoms with van der Waals surface area (Å²) in [6.07, 6.45) is -1.42. The highest BCUT2D eigenvalue weighted by atomic mass is 19.4. The molecule has 2 aliphatic heterocycles. The zero-order chi connectivity index (χ0) is 23.6. The number of alkyl halides is 3. The Bertz CT molecular complexity index is 1030. The van der Waals surface area contributed by atoms with Crippen LogP contribution in [0.2, 0.25) is 0 Å². The molecule has 3 atom stereocenters. The van der Waals surface area contributed by atoms with Crippen molar-refractivity contribution in [2.24, 2.45) is 0 Å². The second-order valence-electron chi connectivity index (χ2n) is 7.74. The molecule has 2 fully saturated rings. The van der Waals surface area contributed by atoms with Gasteiger partial charge in [-0.1, -0.05) is 0 Å². The Balaban J connectivity index is 1.52. The van der Waals surface area contributed by atoms with Gasteiger partial charge in [-0.25, -0.2) is 0 Å². The molecule has 0 saturated carbocycles. The summed E-state index contributed by atoms with van der Waals surface area (Å²) in [5, 5.41) is 2.66. The number of fused-ring (bicyclic) bond motifs is 1. The third kappa shape index (κ3) is 5.30. The average Bonchev–Trinajstić information content (AvgIpc) is 3.36.